The highest BCUT2D eigenvalue weighted by Crippen LogP contribution is 2.23. The van der Waals surface area contributed by atoms with Crippen molar-refractivity contribution in [2.75, 3.05) is 12.3 Å². The third kappa shape index (κ3) is 9.56. The van der Waals surface area contributed by atoms with E-state index in [1.807, 2.05) is 85.8 Å². The van der Waals surface area contributed by atoms with Crippen LogP contribution in [0.25, 0.3) is 0 Å². The number of carbonyl (C=O) groups excluding carboxylic acids is 2. The van der Waals surface area contributed by atoms with E-state index in [4.69, 9.17) is 11.6 Å². The number of hydrogen-bond acceptors (Lipinski definition) is 3. The molecule has 3 aromatic carbocycles. The Bertz CT molecular complexity index is 1120. The minimum Gasteiger partial charge on any atom is -0.354 e. The second-order valence-electron chi connectivity index (χ2n) is 9.20. The molecule has 0 heterocycles. The Hall–Kier alpha value is -2.76. The van der Waals surface area contributed by atoms with Crippen molar-refractivity contribution in [3.63, 3.8) is 0 Å². The van der Waals surface area contributed by atoms with Gasteiger partial charge in [0, 0.05) is 35.8 Å². The number of amides is 2. The molecule has 1 N–H and O–H groups in total. The van der Waals surface area contributed by atoms with Gasteiger partial charge in [-0.05, 0) is 66.5 Å². The van der Waals surface area contributed by atoms with Gasteiger partial charge in [-0.3, -0.25) is 9.59 Å². The van der Waals surface area contributed by atoms with E-state index < -0.39 is 6.04 Å². The molecule has 0 fully saturated rings. The Morgan fingerprint density at radius 1 is 0.946 bits per heavy atom. The van der Waals surface area contributed by atoms with Crippen LogP contribution in [-0.4, -0.2) is 35.1 Å². The van der Waals surface area contributed by atoms with E-state index in [0.29, 0.717) is 31.0 Å². The summed E-state index contributed by atoms with van der Waals surface area (Å²) in [5, 5.41) is 3.80. The number of hydrogen-bond donors (Lipinski definition) is 1. The van der Waals surface area contributed by atoms with Gasteiger partial charge in [-0.25, -0.2) is 0 Å². The highest BCUT2D eigenvalue weighted by atomic mass is 35.5. The third-order valence-corrected chi connectivity index (χ3v) is 7.67. The summed E-state index contributed by atoms with van der Waals surface area (Å²) < 4.78 is 0. The van der Waals surface area contributed by atoms with Crippen LogP contribution in [0.4, 0.5) is 0 Å². The average molecular weight is 537 g/mol. The first-order chi connectivity index (χ1) is 18.0. The van der Waals surface area contributed by atoms with E-state index in [0.717, 1.165) is 46.6 Å². The van der Waals surface area contributed by atoms with Crippen LogP contribution >= 0.6 is 23.4 Å². The zero-order chi connectivity index (χ0) is 26.5. The van der Waals surface area contributed by atoms with Gasteiger partial charge in [-0.15, -0.1) is 11.8 Å². The van der Waals surface area contributed by atoms with Gasteiger partial charge in [0.25, 0.3) is 0 Å². The smallest absolute Gasteiger partial charge is 0.243 e. The van der Waals surface area contributed by atoms with Crippen molar-refractivity contribution in [2.24, 2.45) is 0 Å². The van der Waals surface area contributed by atoms with Gasteiger partial charge in [-0.1, -0.05) is 79.5 Å². The number of benzene rings is 3. The molecule has 6 heteroatoms. The zero-order valence-electron chi connectivity index (χ0n) is 21.8. The second-order valence-corrected chi connectivity index (χ2v) is 10.8. The maximum absolute atomic E-state index is 13.7. The lowest BCUT2D eigenvalue weighted by Gasteiger charge is -2.32. The Kier molecular flexibility index (Phi) is 12.1. The maximum Gasteiger partial charge on any atom is 0.243 e. The normalized spacial score (nSPS) is 11.6. The Balaban J connectivity index is 1.78. The van der Waals surface area contributed by atoms with Crippen LogP contribution in [0.1, 0.15) is 49.3 Å². The summed E-state index contributed by atoms with van der Waals surface area (Å²) in [5.41, 5.74) is 3.22. The number of thioether (sulfide) groups is 1. The maximum atomic E-state index is 13.7. The molecule has 0 spiro atoms. The molecule has 4 nitrogen and oxygen atoms in total. The highest BCUT2D eigenvalue weighted by molar-refractivity contribution is 7.99. The Labute approximate surface area is 230 Å². The molecule has 0 radical (unpaired) electrons. The molecule has 0 saturated carbocycles. The lowest BCUT2D eigenvalue weighted by atomic mass is 10.0. The van der Waals surface area contributed by atoms with Crippen LogP contribution in [-0.2, 0) is 22.6 Å². The van der Waals surface area contributed by atoms with Gasteiger partial charge in [0.05, 0.1) is 0 Å². The van der Waals surface area contributed by atoms with Crippen LogP contribution in [0, 0.1) is 6.92 Å². The summed E-state index contributed by atoms with van der Waals surface area (Å²) in [6.07, 6.45) is 3.51. The van der Waals surface area contributed by atoms with Crippen molar-refractivity contribution in [3.05, 3.63) is 101 Å². The molecule has 0 aliphatic carbocycles. The fraction of sp³-hybridized carbons (Fsp3) is 0.355. The van der Waals surface area contributed by atoms with Crippen LogP contribution in [0.15, 0.2) is 83.8 Å². The molecule has 1 atom stereocenters. The van der Waals surface area contributed by atoms with Crippen molar-refractivity contribution in [2.45, 2.75) is 63.4 Å². The fourth-order valence-electron chi connectivity index (χ4n) is 4.12. The van der Waals surface area contributed by atoms with E-state index in [1.54, 1.807) is 16.7 Å². The number of halogens is 1. The SMILES string of the molecule is CCCCNC(=O)[C@@H](Cc1ccccc1)N(Cc1ccccc1C)C(=O)CCCSc1ccc(Cl)cc1. The number of aryl methyl sites for hydroxylation is 1. The molecule has 0 aliphatic heterocycles. The molecule has 0 aromatic heterocycles. The van der Waals surface area contributed by atoms with Crippen LogP contribution in [0.5, 0.6) is 0 Å². The van der Waals surface area contributed by atoms with Crippen molar-refractivity contribution in [1.82, 2.24) is 10.2 Å². The molecule has 0 saturated heterocycles. The molecule has 3 rings (SSSR count). The number of nitrogens with zero attached hydrogens (tertiary/aromatic N) is 1. The summed E-state index contributed by atoms with van der Waals surface area (Å²) in [6.45, 7) is 5.18. The van der Waals surface area contributed by atoms with Gasteiger partial charge >= 0.3 is 0 Å². The molecule has 0 aliphatic rings. The standard InChI is InChI=1S/C31H37ClN2O2S/c1-3-4-20-33-31(36)29(22-25-12-6-5-7-13-25)34(23-26-14-9-8-11-24(26)2)30(35)15-10-21-37-28-18-16-27(32)17-19-28/h5-9,11-14,16-19,29H,3-4,10,15,20-23H2,1-2H3,(H,33,36)/t29-/m1/s1. The number of nitrogens with one attached hydrogen (secondary N) is 1. The van der Waals surface area contributed by atoms with Crippen LogP contribution < -0.4 is 5.32 Å². The molecule has 0 bridgehead atoms. The topological polar surface area (TPSA) is 49.4 Å². The quantitative estimate of drug-likeness (QED) is 0.177. The summed E-state index contributed by atoms with van der Waals surface area (Å²) in [7, 11) is 0. The minimum absolute atomic E-state index is 0.00605. The largest absolute Gasteiger partial charge is 0.354 e. The first kappa shape index (κ1) is 28.8. The molecule has 0 unspecified atom stereocenters. The number of carbonyl (C=O) groups is 2. The Morgan fingerprint density at radius 3 is 2.35 bits per heavy atom. The van der Waals surface area contributed by atoms with Gasteiger partial charge in [0.15, 0.2) is 0 Å². The van der Waals surface area contributed by atoms with Gasteiger partial charge < -0.3 is 10.2 Å². The zero-order valence-corrected chi connectivity index (χ0v) is 23.4. The van der Waals surface area contributed by atoms with Crippen molar-refractivity contribution >= 4 is 35.2 Å². The summed E-state index contributed by atoms with van der Waals surface area (Å²) >= 11 is 7.70. The summed E-state index contributed by atoms with van der Waals surface area (Å²) in [4.78, 5) is 30.1. The molecule has 196 valence electrons. The third-order valence-electron chi connectivity index (χ3n) is 6.32. The lowest BCUT2D eigenvalue weighted by molar-refractivity contribution is -0.141. The van der Waals surface area contributed by atoms with Crippen molar-refractivity contribution < 1.29 is 9.59 Å². The summed E-state index contributed by atoms with van der Waals surface area (Å²) in [5.74, 6) is 0.735. The second kappa shape index (κ2) is 15.5. The average Bonchev–Trinajstić information content (AvgIpc) is 2.91. The monoisotopic (exact) mass is 536 g/mol. The van der Waals surface area contributed by atoms with Gasteiger partial charge in [0.2, 0.25) is 11.8 Å². The predicted octanol–water partition coefficient (Wildman–Crippen LogP) is 7.08. The summed E-state index contributed by atoms with van der Waals surface area (Å²) in [6, 6.07) is 25.2. The van der Waals surface area contributed by atoms with E-state index >= 15 is 0 Å². The van der Waals surface area contributed by atoms with Crippen molar-refractivity contribution in [1.29, 1.82) is 0 Å². The molecule has 2 amide bonds. The van der Waals surface area contributed by atoms with Gasteiger partial charge in [-0.2, -0.15) is 0 Å². The van der Waals surface area contributed by atoms with E-state index in [9.17, 15) is 9.59 Å². The molecular weight excluding hydrogens is 500 g/mol. The first-order valence-corrected chi connectivity index (χ1v) is 14.4. The van der Waals surface area contributed by atoms with E-state index in [2.05, 4.69) is 12.2 Å². The number of rotatable bonds is 14. The lowest BCUT2D eigenvalue weighted by Crippen LogP contribution is -2.50. The molecular formula is C31H37ClN2O2S. The van der Waals surface area contributed by atoms with Crippen LogP contribution in [0.3, 0.4) is 0 Å². The fourth-order valence-corrected chi connectivity index (χ4v) is 5.10. The van der Waals surface area contributed by atoms with Gasteiger partial charge in [0.1, 0.15) is 6.04 Å². The minimum atomic E-state index is -0.574. The first-order valence-electron chi connectivity index (χ1n) is 13.0. The molecule has 37 heavy (non-hydrogen) atoms. The predicted molar refractivity (Wildman–Crippen MR) is 155 cm³/mol. The van der Waals surface area contributed by atoms with E-state index in [-0.39, 0.29) is 11.8 Å². The number of unbranched alkanes of at least 4 members (excludes halogenated alkanes) is 1. The van der Waals surface area contributed by atoms with Crippen molar-refractivity contribution in [3.8, 4) is 0 Å². The Morgan fingerprint density at radius 2 is 1.65 bits per heavy atom. The van der Waals surface area contributed by atoms with Crippen LogP contribution in [0.2, 0.25) is 5.02 Å². The molecule has 3 aromatic rings. The van der Waals surface area contributed by atoms with E-state index in [1.165, 1.54) is 0 Å². The highest BCUT2D eigenvalue weighted by Gasteiger charge is 2.30.